The van der Waals surface area contributed by atoms with Crippen LogP contribution in [0.2, 0.25) is 0 Å². The Morgan fingerprint density at radius 1 is 1.48 bits per heavy atom. The highest BCUT2D eigenvalue weighted by Crippen LogP contribution is 2.31. The molecule has 0 spiro atoms. The van der Waals surface area contributed by atoms with E-state index in [9.17, 15) is 9.59 Å². The van der Waals surface area contributed by atoms with E-state index in [1.54, 1.807) is 11.3 Å². The second-order valence-electron chi connectivity index (χ2n) is 4.91. The standard InChI is InChI=1S/C13H15N5O2S/c1-3-6-4-7-10(16-13(14)17-11(7)21-6)15-8-5-9(19)18(2)12(8)20/h4,8H,3,5H2,1-2H3,(H3,14,15,16,17). The number of carbonyl (C=O) groups excluding carboxylic acids is 2. The minimum Gasteiger partial charge on any atom is -0.368 e. The third-order valence-electron chi connectivity index (χ3n) is 3.50. The zero-order chi connectivity index (χ0) is 15.1. The molecule has 8 heteroatoms. The minimum atomic E-state index is -0.593. The van der Waals surface area contributed by atoms with Crippen molar-refractivity contribution in [2.24, 2.45) is 0 Å². The molecule has 1 aliphatic heterocycles. The quantitative estimate of drug-likeness (QED) is 0.821. The van der Waals surface area contributed by atoms with Gasteiger partial charge in [-0.3, -0.25) is 14.5 Å². The maximum Gasteiger partial charge on any atom is 0.251 e. The number of fused-ring (bicyclic) bond motifs is 1. The number of hydrogen-bond acceptors (Lipinski definition) is 7. The summed E-state index contributed by atoms with van der Waals surface area (Å²) in [5.74, 6) is 0.209. The van der Waals surface area contributed by atoms with Gasteiger partial charge in [-0.1, -0.05) is 6.92 Å². The Labute approximate surface area is 125 Å². The number of rotatable bonds is 3. The monoisotopic (exact) mass is 305 g/mol. The van der Waals surface area contributed by atoms with Crippen molar-refractivity contribution < 1.29 is 9.59 Å². The third kappa shape index (κ3) is 2.31. The first-order valence-electron chi connectivity index (χ1n) is 6.62. The van der Waals surface area contributed by atoms with E-state index >= 15 is 0 Å². The lowest BCUT2D eigenvalue weighted by atomic mass is 10.2. The first-order valence-corrected chi connectivity index (χ1v) is 7.44. The molecule has 2 aromatic heterocycles. The van der Waals surface area contributed by atoms with Crippen LogP contribution in [-0.2, 0) is 16.0 Å². The van der Waals surface area contributed by atoms with Gasteiger partial charge >= 0.3 is 0 Å². The maximum atomic E-state index is 12.0. The lowest BCUT2D eigenvalue weighted by Gasteiger charge is -2.12. The Morgan fingerprint density at radius 3 is 2.86 bits per heavy atom. The molecule has 1 fully saturated rings. The third-order valence-corrected chi connectivity index (χ3v) is 4.68. The summed E-state index contributed by atoms with van der Waals surface area (Å²) in [5.41, 5.74) is 5.72. The van der Waals surface area contributed by atoms with Crippen LogP contribution in [0.25, 0.3) is 10.2 Å². The number of amides is 2. The van der Waals surface area contributed by atoms with Crippen LogP contribution in [0.4, 0.5) is 11.8 Å². The van der Waals surface area contributed by atoms with Gasteiger partial charge < -0.3 is 11.1 Å². The Morgan fingerprint density at radius 2 is 2.24 bits per heavy atom. The van der Waals surface area contributed by atoms with E-state index in [1.165, 1.54) is 11.9 Å². The number of aryl methyl sites for hydroxylation is 1. The number of hydrogen-bond donors (Lipinski definition) is 2. The molecule has 0 saturated carbocycles. The zero-order valence-corrected chi connectivity index (χ0v) is 12.5. The number of nitrogens with zero attached hydrogens (tertiary/aromatic N) is 3. The molecular formula is C13H15N5O2S. The summed E-state index contributed by atoms with van der Waals surface area (Å²) < 4.78 is 0. The largest absolute Gasteiger partial charge is 0.368 e. The van der Waals surface area contributed by atoms with Gasteiger partial charge in [0, 0.05) is 11.9 Å². The van der Waals surface area contributed by atoms with Crippen LogP contribution in [0.1, 0.15) is 18.2 Å². The average molecular weight is 305 g/mol. The van der Waals surface area contributed by atoms with Crippen LogP contribution < -0.4 is 11.1 Å². The second kappa shape index (κ2) is 4.96. The summed E-state index contributed by atoms with van der Waals surface area (Å²) in [7, 11) is 1.48. The molecule has 2 amide bonds. The van der Waals surface area contributed by atoms with Crippen molar-refractivity contribution in [2.45, 2.75) is 25.8 Å². The van der Waals surface area contributed by atoms with Crippen LogP contribution in [-0.4, -0.2) is 39.8 Å². The first kappa shape index (κ1) is 13.7. The molecule has 21 heavy (non-hydrogen) atoms. The van der Waals surface area contributed by atoms with Gasteiger partial charge in [0.2, 0.25) is 11.9 Å². The summed E-state index contributed by atoms with van der Waals surface area (Å²) in [6.07, 6.45) is 1.02. The number of carbonyl (C=O) groups is 2. The zero-order valence-electron chi connectivity index (χ0n) is 11.7. The topological polar surface area (TPSA) is 101 Å². The lowest BCUT2D eigenvalue weighted by Crippen LogP contribution is -2.32. The van der Waals surface area contributed by atoms with Gasteiger partial charge in [-0.05, 0) is 12.5 Å². The van der Waals surface area contributed by atoms with Gasteiger partial charge in [0.05, 0.1) is 11.8 Å². The van der Waals surface area contributed by atoms with Crippen LogP contribution in [0.5, 0.6) is 0 Å². The fraction of sp³-hybridized carbons (Fsp3) is 0.385. The number of likely N-dealkylation sites (tertiary alicyclic amines) is 1. The molecule has 1 atom stereocenters. The second-order valence-corrected chi connectivity index (χ2v) is 6.02. The fourth-order valence-electron chi connectivity index (χ4n) is 2.31. The van der Waals surface area contributed by atoms with Crippen molar-refractivity contribution in [3.8, 4) is 0 Å². The summed E-state index contributed by atoms with van der Waals surface area (Å²) in [5, 5.41) is 3.87. The number of nitrogens with one attached hydrogen (secondary N) is 1. The van der Waals surface area contributed by atoms with E-state index < -0.39 is 6.04 Å². The van der Waals surface area contributed by atoms with Gasteiger partial charge in [0.15, 0.2) is 0 Å². The summed E-state index contributed by atoms with van der Waals surface area (Å²) in [6.45, 7) is 2.06. The molecule has 1 aliphatic rings. The highest BCUT2D eigenvalue weighted by Gasteiger charge is 2.36. The molecule has 3 heterocycles. The number of nitrogens with two attached hydrogens (primary N) is 1. The normalized spacial score (nSPS) is 18.8. The molecule has 3 N–H and O–H groups in total. The van der Waals surface area contributed by atoms with E-state index in [1.807, 2.05) is 6.07 Å². The Kier molecular flexibility index (Phi) is 3.25. The molecule has 1 saturated heterocycles. The summed E-state index contributed by atoms with van der Waals surface area (Å²) in [6, 6.07) is 1.40. The predicted molar refractivity (Wildman–Crippen MR) is 81.0 cm³/mol. The lowest BCUT2D eigenvalue weighted by molar-refractivity contribution is -0.136. The molecular weight excluding hydrogens is 290 g/mol. The Bertz CT molecular complexity index is 741. The Balaban J connectivity index is 1.98. The van der Waals surface area contributed by atoms with Crippen molar-refractivity contribution in [1.82, 2.24) is 14.9 Å². The number of thiophene rings is 1. The molecule has 0 aromatic carbocycles. The predicted octanol–water partition coefficient (Wildman–Crippen LogP) is 1.01. The van der Waals surface area contributed by atoms with Gasteiger partial charge in [-0.15, -0.1) is 11.3 Å². The van der Waals surface area contributed by atoms with E-state index in [4.69, 9.17) is 5.73 Å². The summed E-state index contributed by atoms with van der Waals surface area (Å²) in [4.78, 5) is 35.0. The maximum absolute atomic E-state index is 12.0. The smallest absolute Gasteiger partial charge is 0.251 e. The number of nitrogen functional groups attached to an aromatic ring is 1. The highest BCUT2D eigenvalue weighted by atomic mass is 32.1. The van der Waals surface area contributed by atoms with Gasteiger partial charge in [-0.2, -0.15) is 4.98 Å². The highest BCUT2D eigenvalue weighted by molar-refractivity contribution is 7.18. The van der Waals surface area contributed by atoms with Crippen LogP contribution >= 0.6 is 11.3 Å². The van der Waals surface area contributed by atoms with Gasteiger partial charge in [0.1, 0.15) is 16.7 Å². The first-order chi connectivity index (χ1) is 9.99. The number of likely N-dealkylation sites (N-methyl/N-ethyl adjacent to an activating group) is 1. The molecule has 110 valence electrons. The van der Waals surface area contributed by atoms with Crippen LogP contribution in [0, 0.1) is 0 Å². The van der Waals surface area contributed by atoms with Crippen molar-refractivity contribution in [3.63, 3.8) is 0 Å². The molecule has 1 unspecified atom stereocenters. The average Bonchev–Trinajstić information content (AvgIpc) is 2.96. The molecule has 3 rings (SSSR count). The molecule has 7 nitrogen and oxygen atoms in total. The fourth-order valence-corrected chi connectivity index (χ4v) is 3.28. The van der Waals surface area contributed by atoms with E-state index in [2.05, 4.69) is 22.2 Å². The van der Waals surface area contributed by atoms with Gasteiger partial charge in [0.25, 0.3) is 5.91 Å². The molecule has 2 aromatic rings. The number of aromatic nitrogens is 2. The van der Waals surface area contributed by atoms with Crippen molar-refractivity contribution in [3.05, 3.63) is 10.9 Å². The van der Waals surface area contributed by atoms with Crippen molar-refractivity contribution in [1.29, 1.82) is 0 Å². The van der Waals surface area contributed by atoms with E-state index in [0.29, 0.717) is 5.82 Å². The van der Waals surface area contributed by atoms with Gasteiger partial charge in [-0.25, -0.2) is 4.98 Å². The van der Waals surface area contributed by atoms with Crippen LogP contribution in [0.3, 0.4) is 0 Å². The van der Waals surface area contributed by atoms with Crippen LogP contribution in [0.15, 0.2) is 6.07 Å². The van der Waals surface area contributed by atoms with E-state index in [-0.39, 0.29) is 24.2 Å². The number of anilines is 2. The van der Waals surface area contributed by atoms with Crippen molar-refractivity contribution >= 4 is 45.1 Å². The van der Waals surface area contributed by atoms with Crippen molar-refractivity contribution in [2.75, 3.05) is 18.1 Å². The molecule has 0 bridgehead atoms. The Hall–Kier alpha value is -2.22. The van der Waals surface area contributed by atoms with E-state index in [0.717, 1.165) is 21.5 Å². The minimum absolute atomic E-state index is 0.130. The summed E-state index contributed by atoms with van der Waals surface area (Å²) >= 11 is 1.55. The SMILES string of the molecule is CCc1cc2c(NC3CC(=O)N(C)C3=O)nc(N)nc2s1. The molecule has 0 aliphatic carbocycles. The number of imide groups is 1. The molecule has 0 radical (unpaired) electrons.